The van der Waals surface area contributed by atoms with Gasteiger partial charge in [0.05, 0.1) is 0 Å². The lowest BCUT2D eigenvalue weighted by Gasteiger charge is -2.31. The van der Waals surface area contributed by atoms with E-state index in [0.29, 0.717) is 11.5 Å². The standard InChI is InChI=1S/C19H32N2/c1-15(20-5)17-10-6-7-11-18(17)21-13-8-9-16(12-14-21)19(2,3)4/h6-7,10-11,15-16,20H,8-9,12-14H2,1-5H3. The van der Waals surface area contributed by atoms with Crippen LogP contribution in [0.25, 0.3) is 0 Å². The van der Waals surface area contributed by atoms with Gasteiger partial charge in [-0.1, -0.05) is 39.0 Å². The number of rotatable bonds is 3. The molecule has 1 saturated heterocycles. The molecular weight excluding hydrogens is 256 g/mol. The molecular formula is C19H32N2. The van der Waals surface area contributed by atoms with Crippen LogP contribution in [0.3, 0.4) is 0 Å². The second-order valence-electron chi connectivity index (χ2n) is 7.55. The van der Waals surface area contributed by atoms with E-state index < -0.39 is 0 Å². The Bertz CT molecular complexity index is 447. The molecule has 0 radical (unpaired) electrons. The molecule has 1 aromatic rings. The summed E-state index contributed by atoms with van der Waals surface area (Å²) in [7, 11) is 2.04. The second-order valence-corrected chi connectivity index (χ2v) is 7.55. The first-order valence-corrected chi connectivity index (χ1v) is 8.44. The molecule has 2 atom stereocenters. The van der Waals surface area contributed by atoms with Gasteiger partial charge in [0.1, 0.15) is 0 Å². The minimum absolute atomic E-state index is 0.405. The summed E-state index contributed by atoms with van der Waals surface area (Å²) < 4.78 is 0. The maximum atomic E-state index is 3.38. The molecule has 21 heavy (non-hydrogen) atoms. The van der Waals surface area contributed by atoms with Gasteiger partial charge in [0.15, 0.2) is 0 Å². The highest BCUT2D eigenvalue weighted by Crippen LogP contribution is 2.36. The van der Waals surface area contributed by atoms with Gasteiger partial charge in [0.2, 0.25) is 0 Å². The van der Waals surface area contributed by atoms with Gasteiger partial charge in [-0.25, -0.2) is 0 Å². The van der Waals surface area contributed by atoms with Gasteiger partial charge >= 0.3 is 0 Å². The monoisotopic (exact) mass is 288 g/mol. The number of benzene rings is 1. The Labute approximate surface area is 130 Å². The van der Waals surface area contributed by atoms with E-state index in [-0.39, 0.29) is 0 Å². The van der Waals surface area contributed by atoms with Crippen molar-refractivity contribution >= 4 is 5.69 Å². The molecule has 0 amide bonds. The molecule has 2 nitrogen and oxygen atoms in total. The lowest BCUT2D eigenvalue weighted by Crippen LogP contribution is -2.28. The van der Waals surface area contributed by atoms with Crippen LogP contribution in [0.5, 0.6) is 0 Å². The van der Waals surface area contributed by atoms with Crippen LogP contribution >= 0.6 is 0 Å². The van der Waals surface area contributed by atoms with Crippen LogP contribution in [0.15, 0.2) is 24.3 Å². The van der Waals surface area contributed by atoms with Gasteiger partial charge in [0, 0.05) is 24.8 Å². The fourth-order valence-corrected chi connectivity index (χ4v) is 3.50. The van der Waals surface area contributed by atoms with Crippen LogP contribution in [-0.2, 0) is 0 Å². The Morgan fingerprint density at radius 2 is 1.86 bits per heavy atom. The van der Waals surface area contributed by atoms with Crippen molar-refractivity contribution in [3.8, 4) is 0 Å². The number of hydrogen-bond acceptors (Lipinski definition) is 2. The average molecular weight is 288 g/mol. The van der Waals surface area contributed by atoms with Crippen molar-refractivity contribution in [2.24, 2.45) is 11.3 Å². The molecule has 0 aromatic heterocycles. The Kier molecular flexibility index (Phi) is 5.32. The minimum Gasteiger partial charge on any atom is -0.371 e. The topological polar surface area (TPSA) is 15.3 Å². The molecule has 2 heteroatoms. The maximum absolute atomic E-state index is 3.38. The number of anilines is 1. The Balaban J connectivity index is 2.16. The Hall–Kier alpha value is -1.02. The van der Waals surface area contributed by atoms with Crippen LogP contribution in [0.4, 0.5) is 5.69 Å². The van der Waals surface area contributed by atoms with Gasteiger partial charge in [-0.2, -0.15) is 0 Å². The Morgan fingerprint density at radius 3 is 2.52 bits per heavy atom. The van der Waals surface area contributed by atoms with Gasteiger partial charge in [0.25, 0.3) is 0 Å². The highest BCUT2D eigenvalue weighted by molar-refractivity contribution is 5.55. The molecule has 118 valence electrons. The molecule has 1 aromatic carbocycles. The third-order valence-electron chi connectivity index (χ3n) is 5.13. The molecule has 2 rings (SSSR count). The smallest absolute Gasteiger partial charge is 0.0414 e. The molecule has 1 aliphatic heterocycles. The summed E-state index contributed by atoms with van der Waals surface area (Å²) in [5, 5.41) is 3.38. The van der Waals surface area contributed by atoms with E-state index in [9.17, 15) is 0 Å². The first-order chi connectivity index (χ1) is 9.93. The quantitative estimate of drug-likeness (QED) is 0.873. The SMILES string of the molecule is CNC(C)c1ccccc1N1CCCC(C(C)(C)C)CC1. The highest BCUT2D eigenvalue weighted by Gasteiger charge is 2.27. The van der Waals surface area contributed by atoms with E-state index in [1.165, 1.54) is 43.6 Å². The third-order valence-corrected chi connectivity index (χ3v) is 5.13. The van der Waals surface area contributed by atoms with Crippen molar-refractivity contribution < 1.29 is 0 Å². The number of hydrogen-bond donors (Lipinski definition) is 1. The molecule has 0 spiro atoms. The van der Waals surface area contributed by atoms with Crippen LogP contribution in [0.1, 0.15) is 58.6 Å². The summed E-state index contributed by atoms with van der Waals surface area (Å²) in [5.74, 6) is 0.844. The van der Waals surface area contributed by atoms with Crippen molar-refractivity contribution in [2.45, 2.75) is 53.0 Å². The molecule has 1 fully saturated rings. The van der Waals surface area contributed by atoms with Gasteiger partial charge < -0.3 is 10.2 Å². The van der Waals surface area contributed by atoms with Crippen LogP contribution < -0.4 is 10.2 Å². The summed E-state index contributed by atoms with van der Waals surface area (Å²) in [4.78, 5) is 2.61. The number of nitrogens with zero attached hydrogens (tertiary/aromatic N) is 1. The van der Waals surface area contributed by atoms with Crippen molar-refractivity contribution in [3.05, 3.63) is 29.8 Å². The Morgan fingerprint density at radius 1 is 1.14 bits per heavy atom. The number of nitrogens with one attached hydrogen (secondary N) is 1. The molecule has 1 N–H and O–H groups in total. The predicted molar refractivity (Wildman–Crippen MR) is 92.9 cm³/mol. The van der Waals surface area contributed by atoms with E-state index in [1.807, 2.05) is 7.05 Å². The zero-order chi connectivity index (χ0) is 15.5. The maximum Gasteiger partial charge on any atom is 0.0414 e. The van der Waals surface area contributed by atoms with Crippen LogP contribution in [0, 0.1) is 11.3 Å². The van der Waals surface area contributed by atoms with E-state index in [1.54, 1.807) is 0 Å². The summed E-state index contributed by atoms with van der Waals surface area (Å²) in [6.45, 7) is 11.8. The number of para-hydroxylation sites is 1. The molecule has 2 unspecified atom stereocenters. The van der Waals surface area contributed by atoms with Gasteiger partial charge in [-0.05, 0) is 56.2 Å². The predicted octanol–water partition coefficient (Wildman–Crippen LogP) is 4.62. The van der Waals surface area contributed by atoms with Crippen LogP contribution in [-0.4, -0.2) is 20.1 Å². The summed E-state index contributed by atoms with van der Waals surface area (Å²) >= 11 is 0. The third kappa shape index (κ3) is 4.00. The van der Waals surface area contributed by atoms with Gasteiger partial charge in [-0.3, -0.25) is 0 Å². The summed E-state index contributed by atoms with van der Waals surface area (Å²) in [6.07, 6.45) is 3.99. The fourth-order valence-electron chi connectivity index (χ4n) is 3.50. The first kappa shape index (κ1) is 16.4. The van der Waals surface area contributed by atoms with E-state index >= 15 is 0 Å². The highest BCUT2D eigenvalue weighted by atomic mass is 15.1. The lowest BCUT2D eigenvalue weighted by molar-refractivity contribution is 0.220. The van der Waals surface area contributed by atoms with Crippen molar-refractivity contribution in [1.82, 2.24) is 5.32 Å². The zero-order valence-electron chi connectivity index (χ0n) is 14.4. The normalized spacial score (nSPS) is 22.0. The molecule has 0 aliphatic carbocycles. The minimum atomic E-state index is 0.405. The lowest BCUT2D eigenvalue weighted by atomic mass is 9.77. The fraction of sp³-hybridized carbons (Fsp3) is 0.684. The van der Waals surface area contributed by atoms with E-state index in [4.69, 9.17) is 0 Å². The zero-order valence-corrected chi connectivity index (χ0v) is 14.4. The summed E-state index contributed by atoms with van der Waals surface area (Å²) in [6, 6.07) is 9.29. The molecule has 1 aliphatic rings. The first-order valence-electron chi connectivity index (χ1n) is 8.44. The second kappa shape index (κ2) is 6.83. The van der Waals surface area contributed by atoms with Crippen molar-refractivity contribution in [2.75, 3.05) is 25.0 Å². The van der Waals surface area contributed by atoms with Crippen LogP contribution in [0.2, 0.25) is 0 Å². The van der Waals surface area contributed by atoms with Crippen molar-refractivity contribution in [3.63, 3.8) is 0 Å². The van der Waals surface area contributed by atoms with Gasteiger partial charge in [-0.15, -0.1) is 0 Å². The summed E-state index contributed by atoms with van der Waals surface area (Å²) in [5.41, 5.74) is 3.29. The van der Waals surface area contributed by atoms with Crippen molar-refractivity contribution in [1.29, 1.82) is 0 Å². The molecule has 0 bridgehead atoms. The van der Waals surface area contributed by atoms with E-state index in [0.717, 1.165) is 5.92 Å². The van der Waals surface area contributed by atoms with E-state index in [2.05, 4.69) is 62.2 Å². The molecule has 0 saturated carbocycles. The molecule has 1 heterocycles. The largest absolute Gasteiger partial charge is 0.371 e. The average Bonchev–Trinajstić information content (AvgIpc) is 2.72.